The van der Waals surface area contributed by atoms with E-state index in [-0.39, 0.29) is 5.92 Å². The van der Waals surface area contributed by atoms with Crippen molar-refractivity contribution in [2.24, 2.45) is 10.9 Å². The van der Waals surface area contributed by atoms with E-state index in [0.29, 0.717) is 11.9 Å². The van der Waals surface area contributed by atoms with Crippen LogP contribution in [0.25, 0.3) is 0 Å². The molecule has 6 nitrogen and oxygen atoms in total. The molecule has 0 aromatic heterocycles. The van der Waals surface area contributed by atoms with Crippen LogP contribution in [0.5, 0.6) is 5.75 Å². The maximum absolute atomic E-state index is 12.6. The summed E-state index contributed by atoms with van der Waals surface area (Å²) in [4.78, 5) is 19.4. The molecule has 0 bridgehead atoms. The smallest absolute Gasteiger partial charge is 0.225 e. The first-order valence-corrected chi connectivity index (χ1v) is 12.2. The number of hydrogen-bond acceptors (Lipinski definition) is 3. The average Bonchev–Trinajstić information content (AvgIpc) is 2.79. The van der Waals surface area contributed by atoms with Crippen molar-refractivity contribution in [3.8, 4) is 5.75 Å². The van der Waals surface area contributed by atoms with Crippen LogP contribution < -0.4 is 15.4 Å². The molecule has 1 heterocycles. The van der Waals surface area contributed by atoms with Crippen LogP contribution in [0.15, 0.2) is 29.3 Å². The normalized spacial score (nSPS) is 15.3. The van der Waals surface area contributed by atoms with Crippen molar-refractivity contribution in [3.63, 3.8) is 0 Å². The standard InChI is InChI=1S/C25H42N4O2/c1-5-18-31-23-11-9-10-20(19-23)12-15-27-25(26-8-4)28-22-13-16-29(17-14-22)24(30)21(6-2)7-3/h9-11,19,21-22H,5-8,12-18H2,1-4H3,(H2,26,27,28). The number of ether oxygens (including phenoxy) is 1. The quantitative estimate of drug-likeness (QED) is 0.411. The van der Waals surface area contributed by atoms with Crippen LogP contribution in [0, 0.1) is 5.92 Å². The molecule has 0 spiro atoms. The maximum atomic E-state index is 12.6. The van der Waals surface area contributed by atoms with Gasteiger partial charge in [0.1, 0.15) is 5.75 Å². The summed E-state index contributed by atoms with van der Waals surface area (Å²) in [6.45, 7) is 12.4. The molecule has 2 N–H and O–H groups in total. The van der Waals surface area contributed by atoms with Gasteiger partial charge in [-0.05, 0) is 63.1 Å². The van der Waals surface area contributed by atoms with E-state index in [4.69, 9.17) is 9.73 Å². The zero-order valence-corrected chi connectivity index (χ0v) is 20.0. The molecule has 0 aliphatic carbocycles. The molecule has 0 radical (unpaired) electrons. The molecule has 174 valence electrons. The molecule has 0 saturated carbocycles. The second kappa shape index (κ2) is 13.9. The van der Waals surface area contributed by atoms with E-state index in [9.17, 15) is 4.79 Å². The van der Waals surface area contributed by atoms with E-state index in [1.807, 2.05) is 17.0 Å². The van der Waals surface area contributed by atoms with Gasteiger partial charge in [-0.25, -0.2) is 0 Å². The molecule has 0 atom stereocenters. The Kier molecular flexibility index (Phi) is 11.3. The Balaban J connectivity index is 1.83. The van der Waals surface area contributed by atoms with Crippen molar-refractivity contribution >= 4 is 11.9 Å². The summed E-state index contributed by atoms with van der Waals surface area (Å²) >= 11 is 0. The SMILES string of the molecule is CCCOc1cccc(CCN=C(NCC)NC2CCN(C(=O)C(CC)CC)CC2)c1. The van der Waals surface area contributed by atoms with Gasteiger partial charge in [0.15, 0.2) is 5.96 Å². The summed E-state index contributed by atoms with van der Waals surface area (Å²) in [6.07, 6.45) is 5.68. The second-order valence-electron chi connectivity index (χ2n) is 8.26. The average molecular weight is 431 g/mol. The van der Waals surface area contributed by atoms with E-state index in [1.54, 1.807) is 0 Å². The Morgan fingerprint density at radius 3 is 2.58 bits per heavy atom. The predicted molar refractivity (Wildman–Crippen MR) is 129 cm³/mol. The number of carbonyl (C=O) groups is 1. The molecule has 6 heteroatoms. The molecule has 1 aromatic carbocycles. The van der Waals surface area contributed by atoms with E-state index in [0.717, 1.165) is 83.0 Å². The third kappa shape index (κ3) is 8.42. The van der Waals surface area contributed by atoms with Crippen molar-refractivity contribution in [3.05, 3.63) is 29.8 Å². The van der Waals surface area contributed by atoms with Crippen molar-refractivity contribution in [1.29, 1.82) is 0 Å². The van der Waals surface area contributed by atoms with E-state index in [1.165, 1.54) is 5.56 Å². The fourth-order valence-corrected chi connectivity index (χ4v) is 3.96. The maximum Gasteiger partial charge on any atom is 0.225 e. The fraction of sp³-hybridized carbons (Fsp3) is 0.680. The topological polar surface area (TPSA) is 66.0 Å². The Morgan fingerprint density at radius 2 is 1.94 bits per heavy atom. The highest BCUT2D eigenvalue weighted by Crippen LogP contribution is 2.17. The number of amides is 1. The van der Waals surface area contributed by atoms with Crippen molar-refractivity contribution in [2.45, 2.75) is 72.3 Å². The predicted octanol–water partition coefficient (Wildman–Crippen LogP) is 4.00. The van der Waals surface area contributed by atoms with Gasteiger partial charge in [-0.15, -0.1) is 0 Å². The summed E-state index contributed by atoms with van der Waals surface area (Å²) in [5.74, 6) is 2.30. The minimum Gasteiger partial charge on any atom is -0.494 e. The fourth-order valence-electron chi connectivity index (χ4n) is 3.96. The first-order chi connectivity index (χ1) is 15.1. The molecule has 1 amide bonds. The van der Waals surface area contributed by atoms with Crippen LogP contribution in [-0.2, 0) is 11.2 Å². The number of likely N-dealkylation sites (tertiary alicyclic amines) is 1. The minimum atomic E-state index is 0.175. The number of aliphatic imine (C=N–C) groups is 1. The lowest BCUT2D eigenvalue weighted by molar-refractivity contribution is -0.136. The van der Waals surface area contributed by atoms with E-state index >= 15 is 0 Å². The molecular weight excluding hydrogens is 388 g/mol. The lowest BCUT2D eigenvalue weighted by Gasteiger charge is -2.34. The Bertz CT molecular complexity index is 680. The first-order valence-electron chi connectivity index (χ1n) is 12.2. The van der Waals surface area contributed by atoms with Gasteiger partial charge in [0.05, 0.1) is 6.61 Å². The number of carbonyl (C=O) groups excluding carboxylic acids is 1. The third-order valence-corrected chi connectivity index (χ3v) is 5.87. The number of nitrogens with one attached hydrogen (secondary N) is 2. The number of hydrogen-bond donors (Lipinski definition) is 2. The zero-order valence-electron chi connectivity index (χ0n) is 20.0. The van der Waals surface area contributed by atoms with Crippen molar-refractivity contribution in [1.82, 2.24) is 15.5 Å². The van der Waals surface area contributed by atoms with Crippen LogP contribution in [0.4, 0.5) is 0 Å². The molecule has 31 heavy (non-hydrogen) atoms. The summed E-state index contributed by atoms with van der Waals surface area (Å²) in [5.41, 5.74) is 1.24. The van der Waals surface area contributed by atoms with Gasteiger partial charge in [-0.2, -0.15) is 0 Å². The summed E-state index contributed by atoms with van der Waals surface area (Å²) in [5, 5.41) is 6.93. The van der Waals surface area contributed by atoms with Gasteiger partial charge >= 0.3 is 0 Å². The molecule has 1 fully saturated rings. The Labute approximate surface area is 188 Å². The largest absolute Gasteiger partial charge is 0.494 e. The molecule has 2 rings (SSSR count). The Hall–Kier alpha value is -2.24. The van der Waals surface area contributed by atoms with Crippen LogP contribution in [0.3, 0.4) is 0 Å². The number of nitrogens with zero attached hydrogens (tertiary/aromatic N) is 2. The minimum absolute atomic E-state index is 0.175. The highest BCUT2D eigenvalue weighted by Gasteiger charge is 2.26. The summed E-state index contributed by atoms with van der Waals surface area (Å²) < 4.78 is 5.73. The molecule has 1 aromatic rings. The second-order valence-corrected chi connectivity index (χ2v) is 8.26. The van der Waals surface area contributed by atoms with Gasteiger partial charge in [0, 0.05) is 38.1 Å². The molecule has 1 aliphatic rings. The van der Waals surface area contributed by atoms with Crippen LogP contribution in [-0.4, -0.2) is 55.6 Å². The zero-order chi connectivity index (χ0) is 22.5. The Morgan fingerprint density at radius 1 is 1.19 bits per heavy atom. The van der Waals surface area contributed by atoms with Gasteiger partial charge in [-0.3, -0.25) is 9.79 Å². The number of benzene rings is 1. The van der Waals surface area contributed by atoms with Crippen LogP contribution >= 0.6 is 0 Å². The monoisotopic (exact) mass is 430 g/mol. The first kappa shape index (κ1) is 25.0. The molecule has 1 saturated heterocycles. The number of piperidine rings is 1. The molecule has 1 aliphatic heterocycles. The number of rotatable bonds is 11. The summed E-state index contributed by atoms with van der Waals surface area (Å²) in [6, 6.07) is 8.65. The van der Waals surface area contributed by atoms with Gasteiger partial charge in [0.2, 0.25) is 5.91 Å². The van der Waals surface area contributed by atoms with Gasteiger partial charge < -0.3 is 20.3 Å². The lowest BCUT2D eigenvalue weighted by Crippen LogP contribution is -2.50. The van der Waals surface area contributed by atoms with Crippen molar-refractivity contribution < 1.29 is 9.53 Å². The third-order valence-electron chi connectivity index (χ3n) is 5.87. The molecular formula is C25H42N4O2. The number of guanidine groups is 1. The van der Waals surface area contributed by atoms with E-state index < -0.39 is 0 Å². The lowest BCUT2D eigenvalue weighted by atomic mass is 9.98. The molecule has 0 unspecified atom stereocenters. The highest BCUT2D eigenvalue weighted by molar-refractivity contribution is 5.80. The van der Waals surface area contributed by atoms with E-state index in [2.05, 4.69) is 50.5 Å². The van der Waals surface area contributed by atoms with Gasteiger partial charge in [0.25, 0.3) is 0 Å². The highest BCUT2D eigenvalue weighted by atomic mass is 16.5. The van der Waals surface area contributed by atoms with Crippen molar-refractivity contribution in [2.75, 3.05) is 32.8 Å². The summed E-state index contributed by atoms with van der Waals surface area (Å²) in [7, 11) is 0. The van der Waals surface area contributed by atoms with Crippen LogP contribution in [0.2, 0.25) is 0 Å². The van der Waals surface area contributed by atoms with Crippen LogP contribution in [0.1, 0.15) is 65.4 Å². The van der Waals surface area contributed by atoms with Gasteiger partial charge in [-0.1, -0.05) is 32.9 Å².